The molecule has 1 aliphatic carbocycles. The Morgan fingerprint density at radius 2 is 2.03 bits per heavy atom. The molecule has 10 nitrogen and oxygen atoms in total. The van der Waals surface area contributed by atoms with E-state index in [0.717, 1.165) is 5.56 Å². The summed E-state index contributed by atoms with van der Waals surface area (Å²) in [6.45, 7) is 4.24. The smallest absolute Gasteiger partial charge is 0.237 e. The minimum atomic E-state index is -3.39. The summed E-state index contributed by atoms with van der Waals surface area (Å²) in [6.07, 6.45) is 6.60. The van der Waals surface area contributed by atoms with Crippen molar-refractivity contribution in [3.05, 3.63) is 41.8 Å². The summed E-state index contributed by atoms with van der Waals surface area (Å²) >= 11 is 1.17. The second kappa shape index (κ2) is 9.79. The molecular weight excluding hydrogens is 464 g/mol. The molecular formula is C21H24N6O4S2. The summed E-state index contributed by atoms with van der Waals surface area (Å²) < 4.78 is 32.1. The summed E-state index contributed by atoms with van der Waals surface area (Å²) in [6, 6.07) is 3.47. The van der Waals surface area contributed by atoms with Crippen LogP contribution in [-0.2, 0) is 14.8 Å². The predicted molar refractivity (Wildman–Crippen MR) is 126 cm³/mol. The standard InChI is InChI=1S/C21H24N6O4S2/c1-3-15(17-12-32-21(25-17)27-33(29,30)14-6-7-14)20(28)26-18-8-5-13(9-23-18)16-10-22-11-19(24-16)31-4-2/h5,8-12,14-15H,3-4,6-7H2,1-2H3,(H,25,27)(H,23,26,28). The second-order valence-electron chi connectivity index (χ2n) is 7.48. The summed E-state index contributed by atoms with van der Waals surface area (Å²) in [5.41, 5.74) is 1.87. The maximum absolute atomic E-state index is 12.9. The van der Waals surface area contributed by atoms with Gasteiger partial charge in [-0.2, -0.15) is 0 Å². The SMILES string of the molecule is CCOc1cncc(-c2ccc(NC(=O)C(CC)c3csc(NS(=O)(=O)C4CC4)n3)nc2)n1. The molecule has 3 heterocycles. The Kier molecular flexibility index (Phi) is 6.84. The lowest BCUT2D eigenvalue weighted by Gasteiger charge is -2.13. The molecule has 0 bridgehead atoms. The molecule has 1 amide bonds. The second-order valence-corrected chi connectivity index (χ2v) is 10.3. The van der Waals surface area contributed by atoms with E-state index in [9.17, 15) is 13.2 Å². The molecule has 0 spiro atoms. The van der Waals surface area contributed by atoms with Gasteiger partial charge < -0.3 is 10.1 Å². The average Bonchev–Trinajstić information content (AvgIpc) is 3.57. The van der Waals surface area contributed by atoms with Gasteiger partial charge in [0.25, 0.3) is 0 Å². The van der Waals surface area contributed by atoms with Crippen LogP contribution in [0.4, 0.5) is 10.9 Å². The number of nitrogens with one attached hydrogen (secondary N) is 2. The van der Waals surface area contributed by atoms with Gasteiger partial charge in [-0.1, -0.05) is 6.92 Å². The Morgan fingerprint density at radius 1 is 1.21 bits per heavy atom. The third-order valence-electron chi connectivity index (χ3n) is 5.01. The number of aromatic nitrogens is 4. The van der Waals surface area contributed by atoms with E-state index in [1.807, 2.05) is 13.8 Å². The fourth-order valence-corrected chi connectivity index (χ4v) is 5.50. The van der Waals surface area contributed by atoms with Crippen LogP contribution in [0, 0.1) is 0 Å². The van der Waals surface area contributed by atoms with Crippen molar-refractivity contribution in [1.29, 1.82) is 0 Å². The summed E-state index contributed by atoms with van der Waals surface area (Å²) in [4.78, 5) is 30.0. The van der Waals surface area contributed by atoms with Crippen LogP contribution < -0.4 is 14.8 Å². The van der Waals surface area contributed by atoms with Crippen LogP contribution in [0.2, 0.25) is 0 Å². The van der Waals surface area contributed by atoms with Crippen molar-refractivity contribution in [2.24, 2.45) is 0 Å². The van der Waals surface area contributed by atoms with Crippen LogP contribution in [0.5, 0.6) is 5.88 Å². The molecule has 174 valence electrons. The zero-order valence-electron chi connectivity index (χ0n) is 18.2. The molecule has 4 rings (SSSR count). The first-order valence-corrected chi connectivity index (χ1v) is 13.0. The quantitative estimate of drug-likeness (QED) is 0.443. The van der Waals surface area contributed by atoms with Gasteiger partial charge >= 0.3 is 0 Å². The molecule has 2 N–H and O–H groups in total. The van der Waals surface area contributed by atoms with Crippen LogP contribution in [0.3, 0.4) is 0 Å². The Morgan fingerprint density at radius 3 is 2.70 bits per heavy atom. The van der Waals surface area contributed by atoms with E-state index < -0.39 is 15.9 Å². The van der Waals surface area contributed by atoms with Crippen LogP contribution in [0.15, 0.2) is 36.1 Å². The van der Waals surface area contributed by atoms with Crippen molar-refractivity contribution in [3.8, 4) is 17.1 Å². The van der Waals surface area contributed by atoms with E-state index in [1.165, 1.54) is 11.3 Å². The number of hydrogen-bond acceptors (Lipinski definition) is 9. The van der Waals surface area contributed by atoms with Gasteiger partial charge in [0.1, 0.15) is 5.82 Å². The fraction of sp³-hybridized carbons (Fsp3) is 0.381. The van der Waals surface area contributed by atoms with Crippen LogP contribution in [0.1, 0.15) is 44.7 Å². The van der Waals surface area contributed by atoms with Gasteiger partial charge in [0.2, 0.25) is 21.8 Å². The first kappa shape index (κ1) is 23.1. The van der Waals surface area contributed by atoms with E-state index in [0.29, 0.717) is 49.0 Å². The van der Waals surface area contributed by atoms with E-state index in [2.05, 4.69) is 30.0 Å². The summed E-state index contributed by atoms with van der Waals surface area (Å²) in [5.74, 6) is 0.0228. The van der Waals surface area contributed by atoms with Crippen molar-refractivity contribution in [1.82, 2.24) is 19.9 Å². The molecule has 0 aliphatic heterocycles. The molecule has 1 fully saturated rings. The Bertz CT molecular complexity index is 1230. The van der Waals surface area contributed by atoms with Crippen molar-refractivity contribution in [2.45, 2.75) is 44.3 Å². The highest BCUT2D eigenvalue weighted by molar-refractivity contribution is 7.93. The van der Waals surface area contributed by atoms with Gasteiger partial charge in [0, 0.05) is 17.1 Å². The lowest BCUT2D eigenvalue weighted by molar-refractivity contribution is -0.117. The van der Waals surface area contributed by atoms with Crippen molar-refractivity contribution in [3.63, 3.8) is 0 Å². The van der Waals surface area contributed by atoms with E-state index >= 15 is 0 Å². The molecule has 12 heteroatoms. The third-order valence-corrected chi connectivity index (χ3v) is 7.74. The van der Waals surface area contributed by atoms with Gasteiger partial charge in [-0.25, -0.2) is 23.4 Å². The minimum Gasteiger partial charge on any atom is -0.477 e. The number of carbonyl (C=O) groups is 1. The highest BCUT2D eigenvalue weighted by Gasteiger charge is 2.36. The third kappa shape index (κ3) is 5.63. The number of thiazole rings is 1. The Labute approximate surface area is 195 Å². The van der Waals surface area contributed by atoms with Gasteiger partial charge in [-0.05, 0) is 38.3 Å². The van der Waals surface area contributed by atoms with Crippen LogP contribution in [0.25, 0.3) is 11.3 Å². The molecule has 1 aliphatic rings. The van der Waals surface area contributed by atoms with Crippen LogP contribution >= 0.6 is 11.3 Å². The fourth-order valence-electron chi connectivity index (χ4n) is 3.14. The number of carbonyl (C=O) groups excluding carboxylic acids is 1. The normalized spacial score (nSPS) is 14.5. The Balaban J connectivity index is 1.42. The molecule has 0 saturated heterocycles. The maximum Gasteiger partial charge on any atom is 0.237 e. The van der Waals surface area contributed by atoms with E-state index in [1.54, 1.807) is 36.1 Å². The highest BCUT2D eigenvalue weighted by atomic mass is 32.2. The van der Waals surface area contributed by atoms with Gasteiger partial charge in [-0.3, -0.25) is 14.5 Å². The zero-order chi connectivity index (χ0) is 23.4. The lowest BCUT2D eigenvalue weighted by Crippen LogP contribution is -2.22. The Hall–Kier alpha value is -3.12. The summed E-state index contributed by atoms with van der Waals surface area (Å²) in [5, 5.41) is 4.45. The average molecular weight is 489 g/mol. The number of rotatable bonds is 10. The topological polar surface area (TPSA) is 136 Å². The van der Waals surface area contributed by atoms with Gasteiger partial charge in [-0.15, -0.1) is 11.3 Å². The predicted octanol–water partition coefficient (Wildman–Crippen LogP) is 3.43. The number of nitrogens with zero attached hydrogens (tertiary/aromatic N) is 4. The number of pyridine rings is 1. The molecule has 0 aromatic carbocycles. The molecule has 1 atom stereocenters. The van der Waals surface area contributed by atoms with Gasteiger partial charge in [0.05, 0.1) is 41.6 Å². The largest absolute Gasteiger partial charge is 0.477 e. The molecule has 33 heavy (non-hydrogen) atoms. The molecule has 3 aromatic heterocycles. The summed E-state index contributed by atoms with van der Waals surface area (Å²) in [7, 11) is -3.39. The molecule has 1 unspecified atom stereocenters. The van der Waals surface area contributed by atoms with Crippen LogP contribution in [-0.4, -0.2) is 46.1 Å². The first-order valence-electron chi connectivity index (χ1n) is 10.6. The molecule has 3 aromatic rings. The van der Waals surface area contributed by atoms with E-state index in [4.69, 9.17) is 4.74 Å². The highest BCUT2D eigenvalue weighted by Crippen LogP contribution is 2.32. The maximum atomic E-state index is 12.9. The number of hydrogen-bond donors (Lipinski definition) is 2. The minimum absolute atomic E-state index is 0.266. The number of sulfonamides is 1. The van der Waals surface area contributed by atoms with E-state index in [-0.39, 0.29) is 16.3 Å². The molecule has 0 radical (unpaired) electrons. The molecule has 1 saturated carbocycles. The van der Waals surface area contributed by atoms with Crippen molar-refractivity contribution < 1.29 is 17.9 Å². The first-order chi connectivity index (χ1) is 15.9. The number of anilines is 2. The monoisotopic (exact) mass is 488 g/mol. The van der Waals surface area contributed by atoms with Crippen molar-refractivity contribution in [2.75, 3.05) is 16.6 Å². The van der Waals surface area contributed by atoms with Gasteiger partial charge in [0.15, 0.2) is 5.13 Å². The number of ether oxygens (including phenoxy) is 1. The number of amides is 1. The lowest BCUT2D eigenvalue weighted by atomic mass is 10.0. The zero-order valence-corrected chi connectivity index (χ0v) is 19.8. The van der Waals surface area contributed by atoms with Crippen molar-refractivity contribution >= 4 is 38.2 Å².